The lowest BCUT2D eigenvalue weighted by molar-refractivity contribution is -0.111. The molecule has 172 valence electrons. The molecule has 0 radical (unpaired) electrons. The molecule has 1 amide bonds. The number of benzene rings is 2. The molecule has 3 rings (SSSR count). The monoisotopic (exact) mass is 470 g/mol. The first-order valence-corrected chi connectivity index (χ1v) is 11.0. The van der Waals surface area contributed by atoms with Gasteiger partial charge in [0.15, 0.2) is 11.5 Å². The molecular formula is C22H22N4O6S. The van der Waals surface area contributed by atoms with Gasteiger partial charge in [0, 0.05) is 29.7 Å². The fraction of sp³-hybridized carbons (Fsp3) is 0.136. The molecule has 0 saturated heterocycles. The van der Waals surface area contributed by atoms with Gasteiger partial charge in [-0.2, -0.15) is 0 Å². The maximum atomic E-state index is 12.4. The normalized spacial score (nSPS) is 11.1. The zero-order valence-corrected chi connectivity index (χ0v) is 18.9. The number of nitrogens with one attached hydrogen (secondary N) is 2. The van der Waals surface area contributed by atoms with E-state index >= 15 is 0 Å². The van der Waals surface area contributed by atoms with Crippen LogP contribution in [-0.4, -0.2) is 45.6 Å². The quantitative estimate of drug-likeness (QED) is 0.457. The highest BCUT2D eigenvalue weighted by molar-refractivity contribution is 7.92. The van der Waals surface area contributed by atoms with Gasteiger partial charge in [0.1, 0.15) is 0 Å². The van der Waals surface area contributed by atoms with E-state index in [-0.39, 0.29) is 10.8 Å². The second-order valence-electron chi connectivity index (χ2n) is 6.45. The van der Waals surface area contributed by atoms with Gasteiger partial charge in [-0.05, 0) is 48.5 Å². The number of carbonyl (C=O) groups is 1. The third-order valence-electron chi connectivity index (χ3n) is 4.37. The summed E-state index contributed by atoms with van der Waals surface area (Å²) in [4.78, 5) is 20.0. The summed E-state index contributed by atoms with van der Waals surface area (Å²) in [5.41, 5.74) is 1.03. The predicted molar refractivity (Wildman–Crippen MR) is 123 cm³/mol. The smallest absolute Gasteiger partial charge is 0.264 e. The van der Waals surface area contributed by atoms with E-state index in [1.807, 2.05) is 0 Å². The lowest BCUT2D eigenvalue weighted by Crippen LogP contribution is -2.15. The van der Waals surface area contributed by atoms with Gasteiger partial charge in [-0.15, -0.1) is 0 Å². The summed E-state index contributed by atoms with van der Waals surface area (Å²) in [7, 11) is 0.636. The Kier molecular flexibility index (Phi) is 7.46. The zero-order valence-electron chi connectivity index (χ0n) is 18.1. The zero-order chi connectivity index (χ0) is 23.8. The van der Waals surface area contributed by atoms with Crippen molar-refractivity contribution < 1.29 is 27.4 Å². The summed E-state index contributed by atoms with van der Waals surface area (Å²) < 4.78 is 43.1. The molecule has 0 bridgehead atoms. The van der Waals surface area contributed by atoms with Crippen LogP contribution in [0.15, 0.2) is 65.8 Å². The minimum absolute atomic E-state index is 0.00133. The highest BCUT2D eigenvalue weighted by atomic mass is 32.2. The molecule has 0 aliphatic rings. The molecule has 0 aliphatic carbocycles. The molecule has 1 aromatic heterocycles. The van der Waals surface area contributed by atoms with Crippen LogP contribution in [0.1, 0.15) is 5.56 Å². The van der Waals surface area contributed by atoms with Crippen molar-refractivity contribution in [2.45, 2.75) is 4.90 Å². The van der Waals surface area contributed by atoms with Gasteiger partial charge in [0.2, 0.25) is 17.6 Å². The van der Waals surface area contributed by atoms with E-state index in [1.165, 1.54) is 64.1 Å². The Bertz CT molecular complexity index is 1250. The molecule has 0 spiro atoms. The summed E-state index contributed by atoms with van der Waals surface area (Å²) in [6, 6.07) is 10.7. The summed E-state index contributed by atoms with van der Waals surface area (Å²) in [6.07, 6.45) is 5.74. The maximum Gasteiger partial charge on any atom is 0.264 e. The molecule has 0 unspecified atom stereocenters. The van der Waals surface area contributed by atoms with E-state index in [1.54, 1.807) is 24.3 Å². The molecule has 33 heavy (non-hydrogen) atoms. The van der Waals surface area contributed by atoms with Gasteiger partial charge in [0.25, 0.3) is 10.0 Å². The number of methoxy groups -OCH3 is 3. The number of ether oxygens (including phenoxy) is 3. The number of anilines is 2. The van der Waals surface area contributed by atoms with Crippen LogP contribution in [0.5, 0.6) is 17.2 Å². The lowest BCUT2D eigenvalue weighted by atomic mass is 10.1. The highest BCUT2D eigenvalue weighted by Gasteiger charge is 2.16. The Labute approximate surface area is 191 Å². The number of aromatic nitrogens is 2. The number of nitrogens with zero attached hydrogens (tertiary/aromatic N) is 2. The molecule has 11 heteroatoms. The molecule has 2 aromatic carbocycles. The summed E-state index contributed by atoms with van der Waals surface area (Å²) in [5, 5.41) is 2.67. The number of carbonyl (C=O) groups excluding carboxylic acids is 1. The van der Waals surface area contributed by atoms with Crippen LogP contribution in [0.2, 0.25) is 0 Å². The molecule has 0 aliphatic heterocycles. The molecule has 0 saturated carbocycles. The summed E-state index contributed by atoms with van der Waals surface area (Å²) >= 11 is 0. The van der Waals surface area contributed by atoms with E-state index in [9.17, 15) is 13.2 Å². The van der Waals surface area contributed by atoms with Gasteiger partial charge >= 0.3 is 0 Å². The largest absolute Gasteiger partial charge is 0.493 e. The number of hydrogen-bond donors (Lipinski definition) is 2. The van der Waals surface area contributed by atoms with Crippen LogP contribution in [0, 0.1) is 0 Å². The second kappa shape index (κ2) is 10.5. The van der Waals surface area contributed by atoms with Crippen LogP contribution in [0.3, 0.4) is 0 Å². The van der Waals surface area contributed by atoms with Gasteiger partial charge in [0.05, 0.1) is 26.2 Å². The van der Waals surface area contributed by atoms with E-state index in [2.05, 4.69) is 20.0 Å². The predicted octanol–water partition coefficient (Wildman–Crippen LogP) is 2.96. The molecule has 10 nitrogen and oxygen atoms in total. The molecule has 0 fully saturated rings. The number of hydrogen-bond acceptors (Lipinski definition) is 8. The third kappa shape index (κ3) is 5.77. The number of sulfonamides is 1. The average Bonchev–Trinajstić information content (AvgIpc) is 2.82. The first kappa shape index (κ1) is 23.5. The van der Waals surface area contributed by atoms with Crippen molar-refractivity contribution in [3.05, 3.63) is 66.5 Å². The fourth-order valence-corrected chi connectivity index (χ4v) is 3.81. The van der Waals surface area contributed by atoms with Crippen molar-refractivity contribution in [1.82, 2.24) is 9.97 Å². The van der Waals surface area contributed by atoms with E-state index < -0.39 is 15.9 Å². The van der Waals surface area contributed by atoms with Crippen LogP contribution in [0.25, 0.3) is 6.08 Å². The van der Waals surface area contributed by atoms with Crippen molar-refractivity contribution >= 4 is 33.6 Å². The van der Waals surface area contributed by atoms with Crippen molar-refractivity contribution in [3.63, 3.8) is 0 Å². The Morgan fingerprint density at radius 2 is 1.58 bits per heavy atom. The van der Waals surface area contributed by atoms with Gasteiger partial charge in [-0.25, -0.2) is 23.1 Å². The molecule has 1 heterocycles. The number of amides is 1. The topological polar surface area (TPSA) is 129 Å². The standard InChI is InChI=1S/C22H22N4O6S/c1-30-18-11-5-15(20(31-2)21(18)32-3)6-12-19(27)25-16-7-9-17(10-8-16)33(28,29)26-22-23-13-4-14-24-22/h4-14H,1-3H3,(H,25,27)(H,23,24,26)/b12-6+. The first-order valence-electron chi connectivity index (χ1n) is 9.56. The van der Waals surface area contributed by atoms with Crippen molar-refractivity contribution in [2.24, 2.45) is 0 Å². The Morgan fingerprint density at radius 1 is 0.909 bits per heavy atom. The van der Waals surface area contributed by atoms with Gasteiger partial charge in [-0.1, -0.05) is 0 Å². The highest BCUT2D eigenvalue weighted by Crippen LogP contribution is 2.40. The average molecular weight is 471 g/mol. The Hall–Kier alpha value is -4.12. The van der Waals surface area contributed by atoms with E-state index in [4.69, 9.17) is 14.2 Å². The fourth-order valence-electron chi connectivity index (χ4n) is 2.85. The lowest BCUT2D eigenvalue weighted by Gasteiger charge is -2.14. The van der Waals surface area contributed by atoms with E-state index in [0.717, 1.165) is 0 Å². The minimum atomic E-state index is -3.86. The second-order valence-corrected chi connectivity index (χ2v) is 8.13. The van der Waals surface area contributed by atoms with Gasteiger partial charge < -0.3 is 19.5 Å². The molecule has 0 atom stereocenters. The van der Waals surface area contributed by atoms with Crippen molar-refractivity contribution in [1.29, 1.82) is 0 Å². The van der Waals surface area contributed by atoms with Crippen LogP contribution >= 0.6 is 0 Å². The molecule has 3 aromatic rings. The van der Waals surface area contributed by atoms with Gasteiger partial charge in [-0.3, -0.25) is 4.79 Å². The van der Waals surface area contributed by atoms with E-state index in [0.29, 0.717) is 28.5 Å². The molecule has 2 N–H and O–H groups in total. The Balaban J connectivity index is 1.70. The van der Waals surface area contributed by atoms with Crippen LogP contribution < -0.4 is 24.2 Å². The SMILES string of the molecule is COc1ccc(/C=C/C(=O)Nc2ccc(S(=O)(=O)Nc3ncccn3)cc2)c(OC)c1OC. The first-order chi connectivity index (χ1) is 15.9. The maximum absolute atomic E-state index is 12.4. The summed E-state index contributed by atoms with van der Waals surface area (Å²) in [5.74, 6) is 0.877. The van der Waals surface area contributed by atoms with Crippen molar-refractivity contribution in [2.75, 3.05) is 31.4 Å². The minimum Gasteiger partial charge on any atom is -0.493 e. The van der Waals surface area contributed by atoms with Crippen LogP contribution in [0.4, 0.5) is 11.6 Å². The molecular weight excluding hydrogens is 448 g/mol. The third-order valence-corrected chi connectivity index (χ3v) is 5.72. The van der Waals surface area contributed by atoms with Crippen LogP contribution in [-0.2, 0) is 14.8 Å². The Morgan fingerprint density at radius 3 is 2.18 bits per heavy atom. The number of rotatable bonds is 9. The summed E-state index contributed by atoms with van der Waals surface area (Å²) in [6.45, 7) is 0. The van der Waals surface area contributed by atoms with Crippen molar-refractivity contribution in [3.8, 4) is 17.2 Å².